The Labute approximate surface area is 82.1 Å². The predicted octanol–water partition coefficient (Wildman–Crippen LogP) is 2.25. The van der Waals surface area contributed by atoms with Gasteiger partial charge in [0, 0.05) is 5.56 Å². The minimum Gasteiger partial charge on any atom is -0.246 e. The van der Waals surface area contributed by atoms with Gasteiger partial charge >= 0.3 is 6.18 Å². The molecule has 0 amide bonds. The van der Waals surface area contributed by atoms with E-state index in [9.17, 15) is 13.2 Å². The van der Waals surface area contributed by atoms with Crippen LogP contribution in [0.1, 0.15) is 17.0 Å². The molecule has 0 N–H and O–H groups in total. The number of alkyl halides is 3. The Kier molecular flexibility index (Phi) is 1.92. The number of aryl methyl sites for hydroxylation is 2. The fourth-order valence-electron chi connectivity index (χ4n) is 1.36. The lowest BCUT2D eigenvalue weighted by Gasteiger charge is -2.09. The molecule has 0 unspecified atom stereocenters. The number of aromatic nitrogens is 3. The summed E-state index contributed by atoms with van der Waals surface area (Å²) < 4.78 is 42.0. The van der Waals surface area contributed by atoms with Crippen molar-refractivity contribution >= 4 is 11.0 Å². The average Bonchev–Trinajstić information content (AvgIpc) is 2.58. The Morgan fingerprint density at radius 2 is 1.67 bits per heavy atom. The summed E-state index contributed by atoms with van der Waals surface area (Å²) >= 11 is 0. The normalized spacial score (nSPS) is 12.3. The van der Waals surface area contributed by atoms with Crippen LogP contribution in [0.4, 0.5) is 13.2 Å². The van der Waals surface area contributed by atoms with Crippen LogP contribution in [-0.4, -0.2) is 15.3 Å². The fourth-order valence-corrected chi connectivity index (χ4v) is 1.36. The highest BCUT2D eigenvalue weighted by Crippen LogP contribution is 2.33. The van der Waals surface area contributed by atoms with Gasteiger partial charge in [-0.15, -0.1) is 0 Å². The highest BCUT2D eigenvalue weighted by atomic mass is 19.4. The SMILES string of the molecule is Cc1nc(C(F)(F)F)c(C)c2nonc12. The Bertz CT molecular complexity index is 518. The zero-order chi connectivity index (χ0) is 11.2. The third kappa shape index (κ3) is 1.43. The zero-order valence-corrected chi connectivity index (χ0v) is 7.88. The summed E-state index contributed by atoms with van der Waals surface area (Å²) in [7, 11) is 0. The van der Waals surface area contributed by atoms with Gasteiger partial charge in [-0.3, -0.25) is 0 Å². The second kappa shape index (κ2) is 2.91. The molecule has 0 aliphatic rings. The van der Waals surface area contributed by atoms with E-state index in [4.69, 9.17) is 0 Å². The molecule has 7 heteroatoms. The van der Waals surface area contributed by atoms with E-state index in [1.54, 1.807) is 0 Å². The zero-order valence-electron chi connectivity index (χ0n) is 7.88. The molecule has 15 heavy (non-hydrogen) atoms. The fraction of sp³-hybridized carbons (Fsp3) is 0.375. The van der Waals surface area contributed by atoms with Crippen molar-refractivity contribution in [3.8, 4) is 0 Å². The summed E-state index contributed by atoms with van der Waals surface area (Å²) in [6.07, 6.45) is -4.48. The molecule has 2 heterocycles. The van der Waals surface area contributed by atoms with E-state index in [2.05, 4.69) is 19.9 Å². The lowest BCUT2D eigenvalue weighted by Crippen LogP contribution is -2.11. The third-order valence-corrected chi connectivity index (χ3v) is 2.09. The topological polar surface area (TPSA) is 51.8 Å². The first kappa shape index (κ1) is 9.88. The van der Waals surface area contributed by atoms with E-state index in [0.29, 0.717) is 0 Å². The summed E-state index contributed by atoms with van der Waals surface area (Å²) in [4.78, 5) is 3.46. The van der Waals surface area contributed by atoms with Crippen molar-refractivity contribution in [2.24, 2.45) is 0 Å². The second-order valence-corrected chi connectivity index (χ2v) is 3.13. The number of halogens is 3. The molecule has 0 radical (unpaired) electrons. The molecule has 0 atom stereocenters. The summed E-state index contributed by atoms with van der Waals surface area (Å²) in [5.74, 6) is 0. The number of nitrogens with zero attached hydrogens (tertiary/aromatic N) is 3. The highest BCUT2D eigenvalue weighted by molar-refractivity contribution is 5.79. The van der Waals surface area contributed by atoms with Crippen LogP contribution >= 0.6 is 0 Å². The van der Waals surface area contributed by atoms with Gasteiger partial charge in [-0.05, 0) is 24.2 Å². The van der Waals surface area contributed by atoms with Crippen molar-refractivity contribution in [2.75, 3.05) is 0 Å². The molecule has 0 saturated carbocycles. The smallest absolute Gasteiger partial charge is 0.246 e. The maximum absolute atomic E-state index is 12.5. The van der Waals surface area contributed by atoms with Gasteiger partial charge in [0.2, 0.25) is 0 Å². The molecule has 2 rings (SSSR count). The molecule has 0 aliphatic heterocycles. The maximum atomic E-state index is 12.5. The molecular formula is C8H6F3N3O. The Morgan fingerprint density at radius 1 is 1.07 bits per heavy atom. The summed E-state index contributed by atoms with van der Waals surface area (Å²) in [5, 5.41) is 6.91. The van der Waals surface area contributed by atoms with Gasteiger partial charge < -0.3 is 0 Å². The molecule has 80 valence electrons. The van der Waals surface area contributed by atoms with E-state index >= 15 is 0 Å². The largest absolute Gasteiger partial charge is 0.433 e. The van der Waals surface area contributed by atoms with Crippen LogP contribution in [0.15, 0.2) is 4.63 Å². The quantitative estimate of drug-likeness (QED) is 0.679. The van der Waals surface area contributed by atoms with Gasteiger partial charge in [-0.25, -0.2) is 9.61 Å². The standard InChI is InChI=1S/C8H6F3N3O/c1-3-5-6(14-15-13-5)4(2)12-7(3)8(9,10)11/h1-2H3. The van der Waals surface area contributed by atoms with Crippen LogP contribution in [0, 0.1) is 13.8 Å². The molecule has 2 aromatic rings. The first-order chi connectivity index (χ1) is 6.91. The molecule has 0 saturated heterocycles. The van der Waals surface area contributed by atoms with Gasteiger partial charge in [0.15, 0.2) is 5.52 Å². The number of hydrogen-bond acceptors (Lipinski definition) is 4. The van der Waals surface area contributed by atoms with E-state index in [1.165, 1.54) is 13.8 Å². The summed E-state index contributed by atoms with van der Waals surface area (Å²) in [6, 6.07) is 0. The van der Waals surface area contributed by atoms with Crippen LogP contribution in [-0.2, 0) is 6.18 Å². The van der Waals surface area contributed by atoms with Gasteiger partial charge in [-0.2, -0.15) is 13.2 Å². The number of hydrogen-bond donors (Lipinski definition) is 0. The monoisotopic (exact) mass is 217 g/mol. The molecular weight excluding hydrogens is 211 g/mol. The van der Waals surface area contributed by atoms with Crippen molar-refractivity contribution < 1.29 is 17.8 Å². The highest BCUT2D eigenvalue weighted by Gasteiger charge is 2.36. The van der Waals surface area contributed by atoms with E-state index in [0.717, 1.165) is 0 Å². The van der Waals surface area contributed by atoms with Crippen molar-refractivity contribution in [1.82, 2.24) is 15.3 Å². The lowest BCUT2D eigenvalue weighted by atomic mass is 10.1. The molecule has 4 nitrogen and oxygen atoms in total. The second-order valence-electron chi connectivity index (χ2n) is 3.13. The third-order valence-electron chi connectivity index (χ3n) is 2.09. The maximum Gasteiger partial charge on any atom is 0.433 e. The van der Waals surface area contributed by atoms with Crippen molar-refractivity contribution in [3.05, 3.63) is 17.0 Å². The van der Waals surface area contributed by atoms with Gasteiger partial charge in [0.05, 0.1) is 5.69 Å². The van der Waals surface area contributed by atoms with Crippen LogP contribution in [0.2, 0.25) is 0 Å². The number of rotatable bonds is 0. The summed E-state index contributed by atoms with van der Waals surface area (Å²) in [5.41, 5.74) is -0.480. The molecule has 0 bridgehead atoms. The lowest BCUT2D eigenvalue weighted by molar-refractivity contribution is -0.141. The molecule has 0 spiro atoms. The minimum absolute atomic E-state index is 0.0654. The van der Waals surface area contributed by atoms with Crippen LogP contribution < -0.4 is 0 Å². The van der Waals surface area contributed by atoms with E-state index < -0.39 is 11.9 Å². The molecule has 0 fully saturated rings. The minimum atomic E-state index is -4.48. The van der Waals surface area contributed by atoms with E-state index in [1.807, 2.05) is 0 Å². The van der Waals surface area contributed by atoms with Crippen LogP contribution in [0.5, 0.6) is 0 Å². The first-order valence-electron chi connectivity index (χ1n) is 4.08. The Hall–Kier alpha value is -1.66. The van der Waals surface area contributed by atoms with Crippen LogP contribution in [0.3, 0.4) is 0 Å². The van der Waals surface area contributed by atoms with E-state index in [-0.39, 0.29) is 22.3 Å². The summed E-state index contributed by atoms with van der Waals surface area (Å²) in [6.45, 7) is 2.73. The molecule has 2 aromatic heterocycles. The first-order valence-corrected chi connectivity index (χ1v) is 4.08. The Morgan fingerprint density at radius 3 is 2.27 bits per heavy atom. The van der Waals surface area contributed by atoms with Crippen LogP contribution in [0.25, 0.3) is 11.0 Å². The van der Waals surface area contributed by atoms with Gasteiger partial charge in [0.1, 0.15) is 11.2 Å². The number of pyridine rings is 1. The van der Waals surface area contributed by atoms with Crippen molar-refractivity contribution in [3.63, 3.8) is 0 Å². The van der Waals surface area contributed by atoms with Crippen molar-refractivity contribution in [1.29, 1.82) is 0 Å². The van der Waals surface area contributed by atoms with Crippen molar-refractivity contribution in [2.45, 2.75) is 20.0 Å². The predicted molar refractivity (Wildman–Crippen MR) is 44.1 cm³/mol. The van der Waals surface area contributed by atoms with Gasteiger partial charge in [0.25, 0.3) is 0 Å². The average molecular weight is 217 g/mol. The molecule has 0 aliphatic carbocycles. The Balaban J connectivity index is 2.83. The molecule has 0 aromatic carbocycles. The van der Waals surface area contributed by atoms with Gasteiger partial charge in [-0.1, -0.05) is 0 Å². The number of fused-ring (bicyclic) bond motifs is 1.